The van der Waals surface area contributed by atoms with Gasteiger partial charge in [0.05, 0.1) is 18.8 Å². The predicted molar refractivity (Wildman–Crippen MR) is 109 cm³/mol. The van der Waals surface area contributed by atoms with Gasteiger partial charge in [0.2, 0.25) is 0 Å². The summed E-state index contributed by atoms with van der Waals surface area (Å²) >= 11 is 4.33. The van der Waals surface area contributed by atoms with Gasteiger partial charge in [0, 0.05) is 0 Å². The van der Waals surface area contributed by atoms with E-state index in [1.165, 1.54) is 64.2 Å². The highest BCUT2D eigenvalue weighted by Gasteiger charge is 2.16. The van der Waals surface area contributed by atoms with Gasteiger partial charge in [-0.05, 0) is 24.6 Å². The van der Waals surface area contributed by atoms with Crippen LogP contribution in [0.3, 0.4) is 0 Å². The molecular weight excluding hydrogens is 357 g/mol. The van der Waals surface area contributed by atoms with Gasteiger partial charge in [-0.1, -0.05) is 83.3 Å². The summed E-state index contributed by atoms with van der Waals surface area (Å²) in [6, 6.07) is -0.713. The molecule has 0 aromatic rings. The van der Waals surface area contributed by atoms with E-state index in [0.717, 1.165) is 12.8 Å². The van der Waals surface area contributed by atoms with Gasteiger partial charge >= 0.3 is 6.72 Å². The SMILES string of the molecule is CCCCCCCCCCCCCC=CC(O)C(N)COP(O)(O)=S. The molecule has 5 N–H and O–H groups in total. The lowest BCUT2D eigenvalue weighted by Crippen LogP contribution is -2.37. The molecule has 2 unspecified atom stereocenters. The molecule has 2 atom stereocenters. The Morgan fingerprint density at radius 2 is 1.44 bits per heavy atom. The summed E-state index contributed by atoms with van der Waals surface area (Å²) in [7, 11) is 0. The van der Waals surface area contributed by atoms with Crippen molar-refractivity contribution in [1.29, 1.82) is 0 Å². The molecule has 0 aromatic heterocycles. The summed E-state index contributed by atoms with van der Waals surface area (Å²) in [5, 5.41) is 9.81. The van der Waals surface area contributed by atoms with E-state index in [1.54, 1.807) is 6.08 Å². The Hall–Kier alpha value is 0.190. The lowest BCUT2D eigenvalue weighted by atomic mass is 10.0. The van der Waals surface area contributed by atoms with Gasteiger partial charge in [-0.3, -0.25) is 0 Å². The fourth-order valence-corrected chi connectivity index (χ4v) is 3.14. The first-order chi connectivity index (χ1) is 11.9. The Kier molecular flexibility index (Phi) is 16.5. The van der Waals surface area contributed by atoms with Crippen LogP contribution in [-0.2, 0) is 16.3 Å². The molecule has 0 radical (unpaired) electrons. The van der Waals surface area contributed by atoms with Crippen LogP contribution in [0.4, 0.5) is 0 Å². The van der Waals surface area contributed by atoms with Crippen molar-refractivity contribution in [3.63, 3.8) is 0 Å². The second kappa shape index (κ2) is 16.4. The fraction of sp³-hybridized carbons (Fsp3) is 0.889. The first-order valence-corrected chi connectivity index (χ1v) is 12.3. The molecule has 0 rings (SSSR count). The standard InChI is InChI=1S/C18H38NO4PS/c1-2-3-4-5-6-7-8-9-10-11-12-13-14-15-18(20)17(19)16-23-24(21,22)25/h14-15,17-18,20H,2-13,16,19H2,1H3,(H2,21,22,25). The molecule has 0 aliphatic heterocycles. The molecule has 0 spiro atoms. The summed E-state index contributed by atoms with van der Waals surface area (Å²) < 4.78 is 4.65. The number of rotatable bonds is 17. The summed E-state index contributed by atoms with van der Waals surface area (Å²) in [6.45, 7) is -1.62. The van der Waals surface area contributed by atoms with Crippen LogP contribution in [0.1, 0.15) is 84.0 Å². The number of unbranched alkanes of at least 4 members (excludes halogenated alkanes) is 11. The molecule has 0 saturated carbocycles. The van der Waals surface area contributed by atoms with Crippen molar-refractivity contribution < 1.29 is 19.4 Å². The highest BCUT2D eigenvalue weighted by Crippen LogP contribution is 2.36. The molecule has 0 heterocycles. The van der Waals surface area contributed by atoms with Crippen molar-refractivity contribution in [3.05, 3.63) is 12.2 Å². The van der Waals surface area contributed by atoms with Gasteiger partial charge in [0.15, 0.2) is 0 Å². The maximum Gasteiger partial charge on any atom is 0.321 e. The molecular formula is C18H38NO4PS. The van der Waals surface area contributed by atoms with Crippen LogP contribution in [0.25, 0.3) is 0 Å². The smallest absolute Gasteiger partial charge is 0.321 e. The molecule has 0 amide bonds. The quantitative estimate of drug-likeness (QED) is 0.168. The molecule has 5 nitrogen and oxygen atoms in total. The predicted octanol–water partition coefficient (Wildman–Crippen LogP) is 4.16. The maximum atomic E-state index is 9.81. The monoisotopic (exact) mass is 395 g/mol. The van der Waals surface area contributed by atoms with E-state index in [-0.39, 0.29) is 6.61 Å². The van der Waals surface area contributed by atoms with Gasteiger partial charge in [0.1, 0.15) is 0 Å². The van der Waals surface area contributed by atoms with E-state index >= 15 is 0 Å². The molecule has 0 bridgehead atoms. The Morgan fingerprint density at radius 1 is 0.960 bits per heavy atom. The van der Waals surface area contributed by atoms with E-state index in [4.69, 9.17) is 15.5 Å². The fourth-order valence-electron chi connectivity index (χ4n) is 2.59. The molecule has 0 aliphatic rings. The lowest BCUT2D eigenvalue weighted by Gasteiger charge is -2.17. The van der Waals surface area contributed by atoms with Gasteiger partial charge in [-0.2, -0.15) is 0 Å². The summed E-state index contributed by atoms with van der Waals surface area (Å²) in [5.74, 6) is 0. The highest BCUT2D eigenvalue weighted by molar-refractivity contribution is 8.06. The second-order valence-corrected chi connectivity index (χ2v) is 9.36. The number of allylic oxidation sites excluding steroid dienone is 1. The van der Waals surface area contributed by atoms with E-state index in [9.17, 15) is 5.11 Å². The zero-order valence-corrected chi connectivity index (χ0v) is 17.4. The third-order valence-electron chi connectivity index (χ3n) is 4.18. The number of nitrogens with two attached hydrogens (primary N) is 1. The Morgan fingerprint density at radius 3 is 1.92 bits per heavy atom. The van der Waals surface area contributed by atoms with Crippen LogP contribution in [-0.4, -0.2) is 33.6 Å². The summed E-state index contributed by atoms with van der Waals surface area (Å²) in [5.41, 5.74) is 5.69. The molecule has 0 aliphatic carbocycles. The van der Waals surface area contributed by atoms with E-state index in [1.807, 2.05) is 6.08 Å². The average Bonchev–Trinajstić information content (AvgIpc) is 2.56. The third kappa shape index (κ3) is 18.8. The Bertz CT molecular complexity index is 376. The first kappa shape index (κ1) is 25.2. The van der Waals surface area contributed by atoms with Crippen molar-refractivity contribution in [2.75, 3.05) is 6.61 Å². The zero-order chi connectivity index (χ0) is 19.0. The maximum absolute atomic E-state index is 9.81. The Balaban J connectivity index is 3.46. The molecule has 0 saturated heterocycles. The van der Waals surface area contributed by atoms with Crippen molar-refractivity contribution in [2.45, 2.75) is 96.1 Å². The van der Waals surface area contributed by atoms with E-state index < -0.39 is 18.9 Å². The minimum atomic E-state index is -3.70. The number of aliphatic hydroxyl groups excluding tert-OH is 1. The van der Waals surface area contributed by atoms with E-state index in [2.05, 4.69) is 23.3 Å². The van der Waals surface area contributed by atoms with E-state index in [0.29, 0.717) is 0 Å². The Labute approximate surface area is 158 Å². The van der Waals surface area contributed by atoms with Crippen LogP contribution >= 0.6 is 6.72 Å². The molecule has 25 heavy (non-hydrogen) atoms. The lowest BCUT2D eigenvalue weighted by molar-refractivity contribution is 0.143. The molecule has 0 aromatic carbocycles. The second-order valence-electron chi connectivity index (χ2n) is 6.69. The topological polar surface area (TPSA) is 95.9 Å². The van der Waals surface area contributed by atoms with Crippen LogP contribution < -0.4 is 5.73 Å². The van der Waals surface area contributed by atoms with Crippen LogP contribution in [0.2, 0.25) is 0 Å². The minimum Gasteiger partial charge on any atom is -0.387 e. The average molecular weight is 396 g/mol. The number of hydrogen-bond donors (Lipinski definition) is 4. The van der Waals surface area contributed by atoms with Gasteiger partial charge < -0.3 is 25.2 Å². The van der Waals surface area contributed by atoms with Crippen molar-refractivity contribution in [2.24, 2.45) is 5.73 Å². The number of hydrogen-bond acceptors (Lipinski definition) is 4. The number of aliphatic hydroxyl groups is 1. The molecule has 150 valence electrons. The van der Waals surface area contributed by atoms with Gasteiger partial charge in [-0.15, -0.1) is 0 Å². The van der Waals surface area contributed by atoms with Crippen LogP contribution in [0.15, 0.2) is 12.2 Å². The van der Waals surface area contributed by atoms with Crippen LogP contribution in [0, 0.1) is 0 Å². The summed E-state index contributed by atoms with van der Waals surface area (Å²) in [4.78, 5) is 17.9. The van der Waals surface area contributed by atoms with Crippen LogP contribution in [0.5, 0.6) is 0 Å². The largest absolute Gasteiger partial charge is 0.387 e. The van der Waals surface area contributed by atoms with Crippen molar-refractivity contribution in [3.8, 4) is 0 Å². The van der Waals surface area contributed by atoms with Gasteiger partial charge in [0.25, 0.3) is 0 Å². The highest BCUT2D eigenvalue weighted by atomic mass is 32.5. The van der Waals surface area contributed by atoms with Gasteiger partial charge in [-0.25, -0.2) is 0 Å². The minimum absolute atomic E-state index is 0.172. The normalized spacial score (nSPS) is 14.9. The zero-order valence-electron chi connectivity index (χ0n) is 15.7. The molecule has 7 heteroatoms. The third-order valence-corrected chi connectivity index (χ3v) is 4.98. The first-order valence-electron chi connectivity index (χ1n) is 9.67. The van der Waals surface area contributed by atoms with Crippen molar-refractivity contribution in [1.82, 2.24) is 0 Å². The summed E-state index contributed by atoms with van der Waals surface area (Å²) in [6.07, 6.45) is 18.1. The molecule has 0 fully saturated rings. The van der Waals surface area contributed by atoms with Crippen molar-refractivity contribution >= 4 is 18.5 Å².